The predicted molar refractivity (Wildman–Crippen MR) is 77.0 cm³/mol. The average Bonchev–Trinajstić information content (AvgIpc) is 2.95. The van der Waals surface area contributed by atoms with Crippen LogP contribution in [0, 0.1) is 0 Å². The second-order valence-electron chi connectivity index (χ2n) is 4.94. The van der Waals surface area contributed by atoms with Gasteiger partial charge in [-0.1, -0.05) is 24.2 Å². The van der Waals surface area contributed by atoms with Crippen LogP contribution in [0.2, 0.25) is 0 Å². The largest absolute Gasteiger partial charge is 0.497 e. The van der Waals surface area contributed by atoms with Crippen LogP contribution < -0.4 is 10.1 Å². The maximum absolute atomic E-state index is 5.34. The fourth-order valence-corrected chi connectivity index (χ4v) is 1.91. The molecule has 2 rings (SSSR count). The Morgan fingerprint density at radius 1 is 1.25 bits per heavy atom. The lowest BCUT2D eigenvalue weighted by Gasteiger charge is -2.14. The number of nitrogens with zero attached hydrogens (tertiary/aromatic N) is 2. The van der Waals surface area contributed by atoms with E-state index in [2.05, 4.69) is 29.3 Å². The van der Waals surface area contributed by atoms with Gasteiger partial charge in [-0.05, 0) is 31.7 Å². The number of hydrogen-bond acceptors (Lipinski definition) is 5. The van der Waals surface area contributed by atoms with Gasteiger partial charge < -0.3 is 14.6 Å². The van der Waals surface area contributed by atoms with E-state index < -0.39 is 0 Å². The van der Waals surface area contributed by atoms with Crippen molar-refractivity contribution >= 4 is 0 Å². The zero-order valence-electron chi connectivity index (χ0n) is 12.4. The van der Waals surface area contributed by atoms with E-state index in [0.717, 1.165) is 11.3 Å². The first-order chi connectivity index (χ1) is 9.63. The van der Waals surface area contributed by atoms with E-state index in [0.29, 0.717) is 24.2 Å². The maximum atomic E-state index is 5.34. The van der Waals surface area contributed by atoms with Crippen molar-refractivity contribution in [2.45, 2.75) is 32.2 Å². The van der Waals surface area contributed by atoms with Crippen LogP contribution in [-0.4, -0.2) is 30.3 Å². The van der Waals surface area contributed by atoms with E-state index in [1.54, 1.807) is 7.11 Å². The van der Waals surface area contributed by atoms with Gasteiger partial charge in [0.2, 0.25) is 5.89 Å². The lowest BCUT2D eigenvalue weighted by molar-refractivity contribution is 0.333. The Morgan fingerprint density at radius 2 is 1.95 bits per heavy atom. The molecule has 0 bridgehead atoms. The van der Waals surface area contributed by atoms with Crippen molar-refractivity contribution in [1.29, 1.82) is 0 Å². The topological polar surface area (TPSA) is 60.2 Å². The SMILES string of the molecule is CNC(C)C(C)c1nc(Cc2ccc(OC)cc2)no1. The number of likely N-dealkylation sites (N-methyl/N-ethyl adjacent to an activating group) is 1. The molecular formula is C15H21N3O2. The molecule has 1 heterocycles. The van der Waals surface area contributed by atoms with Crippen LogP contribution in [0.4, 0.5) is 0 Å². The second-order valence-corrected chi connectivity index (χ2v) is 4.94. The third-order valence-corrected chi connectivity index (χ3v) is 3.60. The predicted octanol–water partition coefficient (Wildman–Crippen LogP) is 2.38. The Hall–Kier alpha value is -1.88. The van der Waals surface area contributed by atoms with Crippen LogP contribution in [0.1, 0.15) is 37.0 Å². The van der Waals surface area contributed by atoms with Gasteiger partial charge in [-0.25, -0.2) is 0 Å². The summed E-state index contributed by atoms with van der Waals surface area (Å²) in [6, 6.07) is 8.18. The van der Waals surface area contributed by atoms with E-state index in [-0.39, 0.29) is 5.92 Å². The van der Waals surface area contributed by atoms with Gasteiger partial charge in [0.25, 0.3) is 0 Å². The summed E-state index contributed by atoms with van der Waals surface area (Å²) in [6.45, 7) is 4.17. The normalized spacial score (nSPS) is 14.0. The fraction of sp³-hybridized carbons (Fsp3) is 0.467. The smallest absolute Gasteiger partial charge is 0.231 e. The van der Waals surface area contributed by atoms with Crippen LogP contribution >= 0.6 is 0 Å². The van der Waals surface area contributed by atoms with E-state index >= 15 is 0 Å². The monoisotopic (exact) mass is 275 g/mol. The number of aromatic nitrogens is 2. The molecule has 0 radical (unpaired) electrons. The standard InChI is InChI=1S/C15H21N3O2/c1-10(11(2)16-3)15-17-14(18-20-15)9-12-5-7-13(19-4)8-6-12/h5-8,10-11,16H,9H2,1-4H3. The maximum Gasteiger partial charge on any atom is 0.231 e. The van der Waals surface area contributed by atoms with Crippen molar-refractivity contribution in [2.75, 3.05) is 14.2 Å². The van der Waals surface area contributed by atoms with Crippen molar-refractivity contribution < 1.29 is 9.26 Å². The molecule has 1 aromatic heterocycles. The lowest BCUT2D eigenvalue weighted by atomic mass is 10.0. The summed E-state index contributed by atoms with van der Waals surface area (Å²) in [5, 5.41) is 7.24. The molecule has 5 nitrogen and oxygen atoms in total. The Balaban J connectivity index is 2.05. The second kappa shape index (κ2) is 6.52. The van der Waals surface area contributed by atoms with Crippen LogP contribution in [0.15, 0.2) is 28.8 Å². The molecule has 0 spiro atoms. The van der Waals surface area contributed by atoms with Crippen LogP contribution in [-0.2, 0) is 6.42 Å². The van der Waals surface area contributed by atoms with Crippen molar-refractivity contribution in [1.82, 2.24) is 15.5 Å². The first-order valence-electron chi connectivity index (χ1n) is 6.76. The number of rotatable bonds is 6. The molecule has 0 aliphatic heterocycles. The van der Waals surface area contributed by atoms with Crippen molar-refractivity contribution in [3.8, 4) is 5.75 Å². The Labute approximate surface area is 119 Å². The minimum atomic E-state index is 0.192. The molecule has 108 valence electrons. The summed E-state index contributed by atoms with van der Waals surface area (Å²) in [5.41, 5.74) is 1.13. The van der Waals surface area contributed by atoms with Crippen molar-refractivity contribution in [2.24, 2.45) is 0 Å². The molecule has 2 atom stereocenters. The van der Waals surface area contributed by atoms with Gasteiger partial charge in [-0.2, -0.15) is 4.98 Å². The molecule has 20 heavy (non-hydrogen) atoms. The van der Waals surface area contributed by atoms with Crippen LogP contribution in [0.5, 0.6) is 5.75 Å². The Morgan fingerprint density at radius 3 is 2.55 bits per heavy atom. The highest BCUT2D eigenvalue weighted by Crippen LogP contribution is 2.18. The summed E-state index contributed by atoms with van der Waals surface area (Å²) in [4.78, 5) is 4.47. The number of nitrogens with one attached hydrogen (secondary N) is 1. The minimum absolute atomic E-state index is 0.192. The fourth-order valence-electron chi connectivity index (χ4n) is 1.91. The minimum Gasteiger partial charge on any atom is -0.497 e. The van der Waals surface area contributed by atoms with Crippen LogP contribution in [0.3, 0.4) is 0 Å². The molecule has 0 amide bonds. The molecule has 1 N–H and O–H groups in total. The summed E-state index contributed by atoms with van der Waals surface area (Å²) >= 11 is 0. The number of ether oxygens (including phenoxy) is 1. The molecule has 0 aliphatic rings. The highest BCUT2D eigenvalue weighted by atomic mass is 16.5. The molecule has 2 aromatic rings. The highest BCUT2D eigenvalue weighted by molar-refractivity contribution is 5.28. The Kier molecular flexibility index (Phi) is 4.74. The van der Waals surface area contributed by atoms with E-state index in [1.807, 2.05) is 31.3 Å². The molecule has 0 saturated carbocycles. The highest BCUT2D eigenvalue weighted by Gasteiger charge is 2.19. The average molecular weight is 275 g/mol. The summed E-state index contributed by atoms with van der Waals surface area (Å²) < 4.78 is 10.5. The molecule has 0 aliphatic carbocycles. The summed E-state index contributed by atoms with van der Waals surface area (Å²) in [5.74, 6) is 2.42. The van der Waals surface area contributed by atoms with Gasteiger partial charge in [-0.3, -0.25) is 0 Å². The molecule has 5 heteroatoms. The molecule has 2 unspecified atom stereocenters. The van der Waals surface area contributed by atoms with Gasteiger partial charge in [0.05, 0.1) is 13.0 Å². The summed E-state index contributed by atoms with van der Waals surface area (Å²) in [6.07, 6.45) is 0.661. The molecule has 0 fully saturated rings. The van der Waals surface area contributed by atoms with Crippen molar-refractivity contribution in [3.05, 3.63) is 41.5 Å². The van der Waals surface area contributed by atoms with Gasteiger partial charge in [0.15, 0.2) is 5.82 Å². The van der Waals surface area contributed by atoms with Crippen LogP contribution in [0.25, 0.3) is 0 Å². The van der Waals surface area contributed by atoms with E-state index in [1.165, 1.54) is 0 Å². The number of methoxy groups -OCH3 is 1. The van der Waals surface area contributed by atoms with E-state index in [9.17, 15) is 0 Å². The van der Waals surface area contributed by atoms with E-state index in [4.69, 9.17) is 9.26 Å². The van der Waals surface area contributed by atoms with Gasteiger partial charge in [-0.15, -0.1) is 0 Å². The zero-order valence-corrected chi connectivity index (χ0v) is 12.4. The third-order valence-electron chi connectivity index (χ3n) is 3.60. The van der Waals surface area contributed by atoms with Gasteiger partial charge >= 0.3 is 0 Å². The number of hydrogen-bond donors (Lipinski definition) is 1. The zero-order chi connectivity index (χ0) is 14.5. The lowest BCUT2D eigenvalue weighted by Crippen LogP contribution is -2.27. The number of benzene rings is 1. The Bertz CT molecular complexity index is 536. The molecular weight excluding hydrogens is 254 g/mol. The first kappa shape index (κ1) is 14.5. The first-order valence-corrected chi connectivity index (χ1v) is 6.76. The summed E-state index contributed by atoms with van der Waals surface area (Å²) in [7, 11) is 3.58. The molecule has 0 saturated heterocycles. The van der Waals surface area contributed by atoms with Gasteiger partial charge in [0, 0.05) is 12.5 Å². The van der Waals surface area contributed by atoms with Gasteiger partial charge in [0.1, 0.15) is 5.75 Å². The third kappa shape index (κ3) is 3.36. The van der Waals surface area contributed by atoms with Crippen molar-refractivity contribution in [3.63, 3.8) is 0 Å². The molecule has 1 aromatic carbocycles. The quantitative estimate of drug-likeness (QED) is 0.877.